The largest absolute Gasteiger partial charge is 0.472 e. The highest BCUT2D eigenvalue weighted by Gasteiger charge is 2.32. The smallest absolute Gasteiger partial charge is 0.220 e. The molecule has 7 heteroatoms. The third-order valence-corrected chi connectivity index (χ3v) is 4.46. The van der Waals surface area contributed by atoms with Crippen molar-refractivity contribution < 1.29 is 18.1 Å². The maximum absolute atomic E-state index is 13.8. The Hall–Kier alpha value is -2.15. The Morgan fingerprint density at radius 1 is 1.54 bits per heavy atom. The fraction of sp³-hybridized carbons (Fsp3) is 0.529. The molecule has 0 saturated carbocycles. The number of furan rings is 1. The van der Waals surface area contributed by atoms with Gasteiger partial charge in [-0.25, -0.2) is 4.39 Å². The Bertz CT molecular complexity index is 656. The lowest BCUT2D eigenvalue weighted by molar-refractivity contribution is -0.121. The second kappa shape index (κ2) is 7.61. The lowest BCUT2D eigenvalue weighted by Gasteiger charge is -2.23. The lowest BCUT2D eigenvalue weighted by Crippen LogP contribution is -2.39. The van der Waals surface area contributed by atoms with Crippen LogP contribution in [0.25, 0.3) is 0 Å². The van der Waals surface area contributed by atoms with Crippen molar-refractivity contribution in [2.45, 2.75) is 44.9 Å². The molecule has 3 rings (SSSR count). The molecule has 1 amide bonds. The normalized spacial score (nSPS) is 21.2. The van der Waals surface area contributed by atoms with Crippen LogP contribution in [-0.4, -0.2) is 41.3 Å². The van der Waals surface area contributed by atoms with Crippen LogP contribution >= 0.6 is 0 Å². The zero-order valence-corrected chi connectivity index (χ0v) is 13.7. The molecule has 2 aromatic rings. The van der Waals surface area contributed by atoms with E-state index in [4.69, 9.17) is 8.94 Å². The molecule has 1 aliphatic heterocycles. The van der Waals surface area contributed by atoms with Crippen molar-refractivity contribution in [2.24, 2.45) is 0 Å². The van der Waals surface area contributed by atoms with Crippen LogP contribution in [0.2, 0.25) is 0 Å². The van der Waals surface area contributed by atoms with E-state index < -0.39 is 6.17 Å². The van der Waals surface area contributed by atoms with Crippen molar-refractivity contribution in [1.29, 1.82) is 0 Å². The van der Waals surface area contributed by atoms with Crippen LogP contribution < -0.4 is 5.32 Å². The summed E-state index contributed by atoms with van der Waals surface area (Å²) in [6.07, 6.45) is 5.52. The summed E-state index contributed by atoms with van der Waals surface area (Å²) in [5.74, 6) is 0.722. The van der Waals surface area contributed by atoms with Gasteiger partial charge in [-0.3, -0.25) is 9.69 Å². The fourth-order valence-corrected chi connectivity index (χ4v) is 3.03. The monoisotopic (exact) mass is 335 g/mol. The third-order valence-electron chi connectivity index (χ3n) is 4.46. The van der Waals surface area contributed by atoms with Gasteiger partial charge in [0, 0.05) is 37.7 Å². The second-order valence-corrected chi connectivity index (χ2v) is 6.26. The molecule has 6 nitrogen and oxygen atoms in total. The summed E-state index contributed by atoms with van der Waals surface area (Å²) in [5.41, 5.74) is 1.96. The number of likely N-dealkylation sites (tertiary alicyclic amines) is 1. The van der Waals surface area contributed by atoms with Crippen LogP contribution in [0.1, 0.15) is 29.7 Å². The van der Waals surface area contributed by atoms with Gasteiger partial charge in [-0.05, 0) is 31.4 Å². The van der Waals surface area contributed by atoms with Gasteiger partial charge in [0.2, 0.25) is 5.91 Å². The standard InChI is InChI=1S/C17H22FN3O3/c1-12-14(7-20-24-12)9-21-10-15(18)6-16(21)8-19-17(22)3-2-13-4-5-23-11-13/h4-5,7,11,15-16H,2-3,6,8-10H2,1H3,(H,19,22)/t15-,16-/m0/s1. The summed E-state index contributed by atoms with van der Waals surface area (Å²) in [7, 11) is 0. The van der Waals surface area contributed by atoms with Gasteiger partial charge in [-0.1, -0.05) is 5.16 Å². The number of halogens is 1. The van der Waals surface area contributed by atoms with Crippen molar-refractivity contribution in [3.63, 3.8) is 0 Å². The van der Waals surface area contributed by atoms with E-state index >= 15 is 0 Å². The molecular weight excluding hydrogens is 313 g/mol. The average Bonchev–Trinajstić information content (AvgIpc) is 3.27. The number of aromatic nitrogens is 1. The predicted molar refractivity (Wildman–Crippen MR) is 85.0 cm³/mol. The summed E-state index contributed by atoms with van der Waals surface area (Å²) >= 11 is 0. The summed E-state index contributed by atoms with van der Waals surface area (Å²) < 4.78 is 23.8. The summed E-state index contributed by atoms with van der Waals surface area (Å²) in [4.78, 5) is 14.0. The number of carbonyl (C=O) groups is 1. The van der Waals surface area contributed by atoms with Gasteiger partial charge in [-0.2, -0.15) is 0 Å². The fourth-order valence-electron chi connectivity index (χ4n) is 3.03. The lowest BCUT2D eigenvalue weighted by atomic mass is 10.1. The molecule has 0 aromatic carbocycles. The Morgan fingerprint density at radius 3 is 3.12 bits per heavy atom. The molecule has 1 N–H and O–H groups in total. The Morgan fingerprint density at radius 2 is 2.42 bits per heavy atom. The number of rotatable bonds is 7. The van der Waals surface area contributed by atoms with E-state index in [0.717, 1.165) is 16.9 Å². The first-order valence-electron chi connectivity index (χ1n) is 8.18. The number of nitrogens with zero attached hydrogens (tertiary/aromatic N) is 2. The van der Waals surface area contributed by atoms with E-state index in [9.17, 15) is 9.18 Å². The first-order valence-corrected chi connectivity index (χ1v) is 8.18. The van der Waals surface area contributed by atoms with Gasteiger partial charge < -0.3 is 14.3 Å². The van der Waals surface area contributed by atoms with Crippen molar-refractivity contribution in [3.8, 4) is 0 Å². The molecular formula is C17H22FN3O3. The molecule has 0 unspecified atom stereocenters. The molecule has 130 valence electrons. The number of nitrogens with one attached hydrogen (secondary N) is 1. The number of carbonyl (C=O) groups excluding carboxylic acids is 1. The van der Waals surface area contributed by atoms with E-state index in [-0.39, 0.29) is 11.9 Å². The average molecular weight is 335 g/mol. The molecule has 0 spiro atoms. The minimum atomic E-state index is -0.863. The zero-order valence-electron chi connectivity index (χ0n) is 13.7. The topological polar surface area (TPSA) is 71.5 Å². The van der Waals surface area contributed by atoms with Crippen molar-refractivity contribution in [2.75, 3.05) is 13.1 Å². The highest BCUT2D eigenvalue weighted by atomic mass is 19.1. The molecule has 0 bridgehead atoms. The molecule has 0 radical (unpaired) electrons. The Balaban J connectivity index is 1.47. The van der Waals surface area contributed by atoms with Crippen LogP contribution in [0.3, 0.4) is 0 Å². The minimum absolute atomic E-state index is 0.00725. The van der Waals surface area contributed by atoms with Gasteiger partial charge in [0.1, 0.15) is 11.9 Å². The quantitative estimate of drug-likeness (QED) is 0.840. The van der Waals surface area contributed by atoms with Gasteiger partial charge >= 0.3 is 0 Å². The molecule has 2 atom stereocenters. The first-order chi connectivity index (χ1) is 11.6. The van der Waals surface area contributed by atoms with E-state index in [1.54, 1.807) is 18.7 Å². The molecule has 0 aliphatic carbocycles. The third kappa shape index (κ3) is 4.23. The highest BCUT2D eigenvalue weighted by Crippen LogP contribution is 2.23. The highest BCUT2D eigenvalue weighted by molar-refractivity contribution is 5.76. The molecule has 1 saturated heterocycles. The van der Waals surface area contributed by atoms with Crippen molar-refractivity contribution in [1.82, 2.24) is 15.4 Å². The number of hydrogen-bond donors (Lipinski definition) is 1. The Labute approximate surface area is 140 Å². The van der Waals surface area contributed by atoms with Crippen LogP contribution in [0.4, 0.5) is 4.39 Å². The zero-order chi connectivity index (χ0) is 16.9. The molecule has 24 heavy (non-hydrogen) atoms. The molecule has 1 aliphatic rings. The summed E-state index contributed by atoms with van der Waals surface area (Å²) in [6.45, 7) is 3.26. The maximum atomic E-state index is 13.8. The SMILES string of the molecule is Cc1oncc1CN1C[C@@H](F)C[C@H]1CNC(=O)CCc1ccoc1. The molecule has 2 aromatic heterocycles. The van der Waals surface area contributed by atoms with Crippen molar-refractivity contribution >= 4 is 5.91 Å². The number of aryl methyl sites for hydroxylation is 2. The van der Waals surface area contributed by atoms with Gasteiger partial charge in [0.15, 0.2) is 0 Å². The van der Waals surface area contributed by atoms with Crippen LogP contribution in [0.15, 0.2) is 33.7 Å². The number of hydrogen-bond acceptors (Lipinski definition) is 5. The number of amides is 1. The second-order valence-electron chi connectivity index (χ2n) is 6.26. The summed E-state index contributed by atoms with van der Waals surface area (Å²) in [5, 5.41) is 6.67. The minimum Gasteiger partial charge on any atom is -0.472 e. The van der Waals surface area contributed by atoms with Crippen LogP contribution in [0, 0.1) is 6.92 Å². The maximum Gasteiger partial charge on any atom is 0.220 e. The van der Waals surface area contributed by atoms with Crippen molar-refractivity contribution in [3.05, 3.63) is 41.7 Å². The number of alkyl halides is 1. The summed E-state index contributed by atoms with van der Waals surface area (Å²) in [6, 6.07) is 1.84. The molecule has 3 heterocycles. The van der Waals surface area contributed by atoms with E-state index in [1.807, 2.05) is 17.9 Å². The first kappa shape index (κ1) is 16.7. The van der Waals surface area contributed by atoms with E-state index in [1.165, 1.54) is 0 Å². The van der Waals surface area contributed by atoms with Crippen LogP contribution in [-0.2, 0) is 17.8 Å². The van der Waals surface area contributed by atoms with Gasteiger partial charge in [0.25, 0.3) is 0 Å². The van der Waals surface area contributed by atoms with E-state index in [0.29, 0.717) is 38.9 Å². The van der Waals surface area contributed by atoms with Gasteiger partial charge in [0.05, 0.1) is 18.7 Å². The predicted octanol–water partition coefficient (Wildman–Crippen LogP) is 2.24. The Kier molecular flexibility index (Phi) is 5.30. The van der Waals surface area contributed by atoms with Gasteiger partial charge in [-0.15, -0.1) is 0 Å². The van der Waals surface area contributed by atoms with E-state index in [2.05, 4.69) is 10.5 Å². The molecule has 1 fully saturated rings. The van der Waals surface area contributed by atoms with Crippen LogP contribution in [0.5, 0.6) is 0 Å².